The summed E-state index contributed by atoms with van der Waals surface area (Å²) in [5, 5.41) is 9.16. The molecule has 2 amide bonds. The van der Waals surface area contributed by atoms with Crippen molar-refractivity contribution < 1.29 is 27.9 Å². The molecule has 10 heteroatoms. The summed E-state index contributed by atoms with van der Waals surface area (Å²) < 4.78 is 26.3. The van der Waals surface area contributed by atoms with Crippen LogP contribution in [0.4, 0.5) is 0 Å². The van der Waals surface area contributed by atoms with Crippen LogP contribution in [0.15, 0.2) is 0 Å². The van der Waals surface area contributed by atoms with E-state index in [-0.39, 0.29) is 43.5 Å². The molecule has 0 aromatic carbocycles. The lowest BCUT2D eigenvalue weighted by Gasteiger charge is -2.35. The molecule has 1 rings (SSSR count). The molecule has 27 heavy (non-hydrogen) atoms. The molecule has 9 nitrogen and oxygen atoms in total. The molecule has 1 fully saturated rings. The number of hydrogen-bond donors (Lipinski definition) is 1. The van der Waals surface area contributed by atoms with Crippen molar-refractivity contribution in [3.05, 3.63) is 0 Å². The van der Waals surface area contributed by atoms with Crippen LogP contribution in [0, 0.1) is 5.92 Å². The van der Waals surface area contributed by atoms with Crippen LogP contribution in [0.25, 0.3) is 0 Å². The smallest absolute Gasteiger partial charge is 0.329 e. The van der Waals surface area contributed by atoms with Crippen molar-refractivity contribution in [3.8, 4) is 0 Å². The fourth-order valence-corrected chi connectivity index (χ4v) is 4.20. The molecule has 0 unspecified atom stereocenters. The van der Waals surface area contributed by atoms with E-state index in [0.29, 0.717) is 13.1 Å². The van der Waals surface area contributed by atoms with Crippen LogP contribution in [0.3, 0.4) is 0 Å². The van der Waals surface area contributed by atoms with Crippen LogP contribution in [0.1, 0.15) is 40.5 Å². The second-order valence-electron chi connectivity index (χ2n) is 7.62. The fourth-order valence-electron chi connectivity index (χ4n) is 2.71. The van der Waals surface area contributed by atoms with E-state index in [1.807, 2.05) is 13.8 Å². The van der Waals surface area contributed by atoms with Crippen LogP contribution < -0.4 is 0 Å². The Morgan fingerprint density at radius 2 is 1.63 bits per heavy atom. The minimum Gasteiger partial charge on any atom is -0.480 e. The second-order valence-corrected chi connectivity index (χ2v) is 9.70. The van der Waals surface area contributed by atoms with Gasteiger partial charge in [0, 0.05) is 45.6 Å². The molecule has 156 valence electrons. The number of nitrogens with zero attached hydrogens (tertiary/aromatic N) is 3. The Bertz CT molecular complexity index is 666. The van der Waals surface area contributed by atoms with Gasteiger partial charge in [-0.05, 0) is 20.3 Å². The Labute approximate surface area is 161 Å². The van der Waals surface area contributed by atoms with Crippen molar-refractivity contribution in [2.45, 2.75) is 46.1 Å². The van der Waals surface area contributed by atoms with Crippen LogP contribution >= 0.6 is 0 Å². The third kappa shape index (κ3) is 5.90. The molecule has 0 saturated carbocycles. The second kappa shape index (κ2) is 9.01. The van der Waals surface area contributed by atoms with Crippen molar-refractivity contribution in [1.82, 2.24) is 14.1 Å². The zero-order valence-corrected chi connectivity index (χ0v) is 17.6. The number of piperazine rings is 1. The Morgan fingerprint density at radius 3 is 2.07 bits per heavy atom. The topological polar surface area (TPSA) is 115 Å². The Morgan fingerprint density at radius 1 is 1.11 bits per heavy atom. The Kier molecular flexibility index (Phi) is 7.79. The van der Waals surface area contributed by atoms with Crippen molar-refractivity contribution in [3.63, 3.8) is 0 Å². The molecule has 0 aromatic heterocycles. The molecule has 1 aliphatic rings. The van der Waals surface area contributed by atoms with Gasteiger partial charge in [0.25, 0.3) is 0 Å². The number of aliphatic carboxylic acids is 1. The highest BCUT2D eigenvalue weighted by Crippen LogP contribution is 2.16. The summed E-state index contributed by atoms with van der Waals surface area (Å²) in [6.07, 6.45) is 0.0740. The number of sulfonamides is 1. The van der Waals surface area contributed by atoms with Gasteiger partial charge in [-0.3, -0.25) is 9.59 Å². The first-order valence-electron chi connectivity index (χ1n) is 9.07. The van der Waals surface area contributed by atoms with Gasteiger partial charge >= 0.3 is 5.97 Å². The SMILES string of the molecule is CC(C)C(=O)N1CCN(S(=O)(=O)CCCC(=O)N(C)C(C)(C)C(=O)O)CC1. The molecule has 1 saturated heterocycles. The van der Waals surface area contributed by atoms with Gasteiger partial charge in [-0.1, -0.05) is 13.8 Å². The molecular weight excluding hydrogens is 374 g/mol. The average molecular weight is 406 g/mol. The van der Waals surface area contributed by atoms with E-state index in [9.17, 15) is 22.8 Å². The summed E-state index contributed by atoms with van der Waals surface area (Å²) in [6, 6.07) is 0. The average Bonchev–Trinajstić information content (AvgIpc) is 2.59. The van der Waals surface area contributed by atoms with Crippen molar-refractivity contribution in [2.24, 2.45) is 5.92 Å². The molecule has 1 aliphatic heterocycles. The monoisotopic (exact) mass is 405 g/mol. The Balaban J connectivity index is 2.52. The van der Waals surface area contributed by atoms with Gasteiger partial charge in [0.05, 0.1) is 5.75 Å². The number of carbonyl (C=O) groups is 3. The summed E-state index contributed by atoms with van der Waals surface area (Å²) in [4.78, 5) is 38.1. The number of hydrogen-bond acceptors (Lipinski definition) is 5. The lowest BCUT2D eigenvalue weighted by Crippen LogP contribution is -2.52. The highest BCUT2D eigenvalue weighted by molar-refractivity contribution is 7.89. The normalized spacial score (nSPS) is 16.4. The predicted molar refractivity (Wildman–Crippen MR) is 100 cm³/mol. The van der Waals surface area contributed by atoms with Gasteiger partial charge in [0.2, 0.25) is 21.8 Å². The van der Waals surface area contributed by atoms with Gasteiger partial charge in [-0.2, -0.15) is 4.31 Å². The predicted octanol–water partition coefficient (Wildman–Crippen LogP) is 0.218. The standard InChI is InChI=1S/C17H31N3O6S/c1-13(2)15(22)19-8-10-20(11-9-19)27(25,26)12-6-7-14(21)18(5)17(3,4)16(23)24/h13H,6-12H2,1-5H3,(H,23,24). The fraction of sp³-hybridized carbons (Fsp3) is 0.824. The van der Waals surface area contributed by atoms with Crippen molar-refractivity contribution >= 4 is 27.8 Å². The summed E-state index contributed by atoms with van der Waals surface area (Å²) in [7, 11) is -2.12. The van der Waals surface area contributed by atoms with Crippen LogP contribution in [0.2, 0.25) is 0 Å². The first-order chi connectivity index (χ1) is 12.3. The summed E-state index contributed by atoms with van der Waals surface area (Å²) in [5.74, 6) is -1.82. The lowest BCUT2D eigenvalue weighted by molar-refractivity contribution is -0.155. The van der Waals surface area contributed by atoms with E-state index < -0.39 is 27.4 Å². The molecule has 0 radical (unpaired) electrons. The number of amides is 2. The number of carboxylic acids is 1. The molecule has 0 aliphatic carbocycles. The van der Waals surface area contributed by atoms with E-state index in [1.54, 1.807) is 4.90 Å². The van der Waals surface area contributed by atoms with E-state index in [0.717, 1.165) is 4.90 Å². The van der Waals surface area contributed by atoms with E-state index in [2.05, 4.69) is 0 Å². The summed E-state index contributed by atoms with van der Waals surface area (Å²) in [6.45, 7) is 7.69. The lowest BCUT2D eigenvalue weighted by atomic mass is 10.0. The number of carboxylic acid groups (broad SMARTS) is 1. The highest BCUT2D eigenvalue weighted by Gasteiger charge is 2.35. The molecular formula is C17H31N3O6S. The third-order valence-electron chi connectivity index (χ3n) is 4.97. The first-order valence-corrected chi connectivity index (χ1v) is 10.7. The molecule has 0 bridgehead atoms. The Hall–Kier alpha value is -1.68. The van der Waals surface area contributed by atoms with Crippen LogP contribution in [-0.2, 0) is 24.4 Å². The largest absolute Gasteiger partial charge is 0.480 e. The quantitative estimate of drug-likeness (QED) is 0.618. The number of rotatable bonds is 8. The molecule has 0 spiro atoms. The molecule has 0 atom stereocenters. The van der Waals surface area contributed by atoms with Gasteiger partial charge < -0.3 is 14.9 Å². The maximum absolute atomic E-state index is 12.5. The maximum atomic E-state index is 12.5. The summed E-state index contributed by atoms with van der Waals surface area (Å²) >= 11 is 0. The first kappa shape index (κ1) is 23.4. The molecule has 1 N–H and O–H groups in total. The van der Waals surface area contributed by atoms with E-state index in [4.69, 9.17) is 5.11 Å². The van der Waals surface area contributed by atoms with Crippen LogP contribution in [0.5, 0.6) is 0 Å². The minimum absolute atomic E-state index is 0.0155. The van der Waals surface area contributed by atoms with Gasteiger partial charge in [-0.15, -0.1) is 0 Å². The zero-order chi connectivity index (χ0) is 21.0. The van der Waals surface area contributed by atoms with E-state index >= 15 is 0 Å². The van der Waals surface area contributed by atoms with Crippen LogP contribution in [-0.4, -0.2) is 89.9 Å². The van der Waals surface area contributed by atoms with E-state index in [1.165, 1.54) is 25.2 Å². The highest BCUT2D eigenvalue weighted by atomic mass is 32.2. The summed E-state index contributed by atoms with van der Waals surface area (Å²) in [5.41, 5.74) is -1.35. The van der Waals surface area contributed by atoms with Gasteiger partial charge in [0.15, 0.2) is 0 Å². The molecule has 0 aromatic rings. The van der Waals surface area contributed by atoms with Gasteiger partial charge in [-0.25, -0.2) is 13.2 Å². The van der Waals surface area contributed by atoms with Crippen molar-refractivity contribution in [2.75, 3.05) is 39.0 Å². The maximum Gasteiger partial charge on any atom is 0.329 e. The van der Waals surface area contributed by atoms with Crippen molar-refractivity contribution in [1.29, 1.82) is 0 Å². The third-order valence-corrected chi connectivity index (χ3v) is 6.92. The zero-order valence-electron chi connectivity index (χ0n) is 16.8. The molecule has 1 heterocycles. The van der Waals surface area contributed by atoms with Gasteiger partial charge in [0.1, 0.15) is 5.54 Å². The number of carbonyl (C=O) groups excluding carboxylic acids is 2. The number of likely N-dealkylation sites (N-methyl/N-ethyl adjacent to an activating group) is 1. The minimum atomic E-state index is -3.52.